The predicted octanol–water partition coefficient (Wildman–Crippen LogP) is 3.13. The van der Waals surface area contributed by atoms with Crippen molar-refractivity contribution < 1.29 is 4.74 Å². The Hall–Kier alpha value is -2.16. The number of hydrogen-bond donors (Lipinski definition) is 0. The Morgan fingerprint density at radius 1 is 1.06 bits per heavy atom. The molecule has 0 bridgehead atoms. The zero-order chi connectivity index (χ0) is 12.5. The highest BCUT2D eigenvalue weighted by Gasteiger charge is 2.20. The average Bonchev–Trinajstić information content (AvgIpc) is 2.91. The van der Waals surface area contributed by atoms with E-state index in [2.05, 4.69) is 9.98 Å². The van der Waals surface area contributed by atoms with Crippen molar-refractivity contribution in [3.8, 4) is 5.75 Å². The van der Waals surface area contributed by atoms with E-state index in [0.717, 1.165) is 28.2 Å². The van der Waals surface area contributed by atoms with Crippen LogP contribution >= 0.6 is 0 Å². The third-order valence-corrected chi connectivity index (χ3v) is 2.82. The lowest BCUT2D eigenvalue weighted by Crippen LogP contribution is -2.06. The summed E-state index contributed by atoms with van der Waals surface area (Å²) in [4.78, 5) is 8.58. The molecule has 3 heteroatoms. The highest BCUT2D eigenvalue weighted by atomic mass is 16.5. The van der Waals surface area contributed by atoms with Gasteiger partial charge in [-0.1, -0.05) is 0 Å². The zero-order valence-corrected chi connectivity index (χ0v) is 10.4. The van der Waals surface area contributed by atoms with Crippen molar-refractivity contribution in [3.05, 3.63) is 53.4 Å². The van der Waals surface area contributed by atoms with E-state index >= 15 is 0 Å². The van der Waals surface area contributed by atoms with Crippen LogP contribution in [0.1, 0.15) is 19.4 Å². The second-order valence-corrected chi connectivity index (χ2v) is 4.57. The monoisotopic (exact) mass is 238 g/mol. The van der Waals surface area contributed by atoms with Crippen LogP contribution in [-0.4, -0.2) is 18.0 Å². The smallest absolute Gasteiger partial charge is 0.119 e. The number of nitrogens with zero attached hydrogens (tertiary/aromatic N) is 2. The molecular formula is C15H14N2O. The van der Waals surface area contributed by atoms with Crippen molar-refractivity contribution in [1.82, 2.24) is 0 Å². The molecule has 0 aliphatic carbocycles. The quantitative estimate of drug-likeness (QED) is 0.796. The standard InChI is InChI=1S/C15H14N2O/c1-10(2)18-13-5-3-11(4-6-13)15-14-9-16-7-12(14)8-17-15/h3-10H,1-2H3. The van der Waals surface area contributed by atoms with Crippen LogP contribution in [0, 0.1) is 0 Å². The number of fused-ring (bicyclic) bond motifs is 1. The van der Waals surface area contributed by atoms with Crippen molar-refractivity contribution in [2.75, 3.05) is 0 Å². The van der Waals surface area contributed by atoms with Gasteiger partial charge in [0.2, 0.25) is 0 Å². The number of ether oxygens (including phenoxy) is 1. The van der Waals surface area contributed by atoms with Crippen LogP contribution in [0.3, 0.4) is 0 Å². The second kappa shape index (κ2) is 4.26. The summed E-state index contributed by atoms with van der Waals surface area (Å²) in [6, 6.07) is 8.03. The first-order chi connectivity index (χ1) is 8.74. The summed E-state index contributed by atoms with van der Waals surface area (Å²) < 4.78 is 5.63. The minimum absolute atomic E-state index is 0.193. The van der Waals surface area contributed by atoms with Gasteiger partial charge < -0.3 is 4.74 Å². The van der Waals surface area contributed by atoms with E-state index in [0.29, 0.717) is 0 Å². The summed E-state index contributed by atoms with van der Waals surface area (Å²) in [5.74, 6) is 0.886. The summed E-state index contributed by atoms with van der Waals surface area (Å²) in [6.07, 6.45) is 5.74. The first-order valence-corrected chi connectivity index (χ1v) is 6.03. The van der Waals surface area contributed by atoms with E-state index in [9.17, 15) is 0 Å². The van der Waals surface area contributed by atoms with Gasteiger partial charge in [-0.15, -0.1) is 0 Å². The van der Waals surface area contributed by atoms with Crippen LogP contribution < -0.4 is 4.74 Å². The molecule has 0 spiro atoms. The number of benzene rings is 1. The van der Waals surface area contributed by atoms with Gasteiger partial charge in [0.1, 0.15) is 5.75 Å². The van der Waals surface area contributed by atoms with Crippen LogP contribution in [0.25, 0.3) is 0 Å². The van der Waals surface area contributed by atoms with Crippen LogP contribution in [0.5, 0.6) is 5.75 Å². The van der Waals surface area contributed by atoms with Crippen LogP contribution in [-0.2, 0) is 0 Å². The van der Waals surface area contributed by atoms with E-state index < -0.39 is 0 Å². The molecule has 3 nitrogen and oxygen atoms in total. The number of rotatable bonds is 3. The maximum atomic E-state index is 5.63. The molecule has 18 heavy (non-hydrogen) atoms. The van der Waals surface area contributed by atoms with Crippen LogP contribution in [0.4, 0.5) is 0 Å². The predicted molar refractivity (Wildman–Crippen MR) is 73.4 cm³/mol. The van der Waals surface area contributed by atoms with Gasteiger partial charge in [-0.25, -0.2) is 0 Å². The SMILES string of the molecule is CC(C)Oc1ccc(C2=NC=C3C=NC=C32)cc1. The molecule has 0 atom stereocenters. The molecule has 2 aliphatic rings. The topological polar surface area (TPSA) is 34.0 Å². The van der Waals surface area contributed by atoms with Gasteiger partial charge in [-0.05, 0) is 38.1 Å². The minimum atomic E-state index is 0.193. The van der Waals surface area contributed by atoms with E-state index in [-0.39, 0.29) is 6.10 Å². The van der Waals surface area contributed by atoms with E-state index in [1.807, 2.05) is 56.7 Å². The number of aliphatic imine (C=N–C) groups is 2. The maximum Gasteiger partial charge on any atom is 0.119 e. The Morgan fingerprint density at radius 2 is 1.83 bits per heavy atom. The largest absolute Gasteiger partial charge is 0.491 e. The van der Waals surface area contributed by atoms with Crippen molar-refractivity contribution in [3.63, 3.8) is 0 Å². The molecule has 2 aliphatic heterocycles. The van der Waals surface area contributed by atoms with Gasteiger partial charge in [-0.2, -0.15) is 0 Å². The minimum Gasteiger partial charge on any atom is -0.491 e. The molecule has 0 amide bonds. The van der Waals surface area contributed by atoms with Crippen molar-refractivity contribution in [1.29, 1.82) is 0 Å². The molecule has 0 fully saturated rings. The molecule has 2 heterocycles. The molecule has 1 aromatic rings. The molecule has 0 N–H and O–H groups in total. The first kappa shape index (κ1) is 11.0. The molecule has 1 aromatic carbocycles. The molecule has 3 rings (SSSR count). The summed E-state index contributed by atoms with van der Waals surface area (Å²) >= 11 is 0. The van der Waals surface area contributed by atoms with Gasteiger partial charge in [0, 0.05) is 35.3 Å². The molecular weight excluding hydrogens is 224 g/mol. The number of hydrogen-bond acceptors (Lipinski definition) is 3. The zero-order valence-electron chi connectivity index (χ0n) is 10.4. The fourth-order valence-electron chi connectivity index (χ4n) is 2.03. The fraction of sp³-hybridized carbons (Fsp3) is 0.200. The van der Waals surface area contributed by atoms with E-state index in [1.165, 1.54) is 0 Å². The lowest BCUT2D eigenvalue weighted by molar-refractivity contribution is 0.242. The Kier molecular flexibility index (Phi) is 2.59. The summed E-state index contributed by atoms with van der Waals surface area (Å²) in [5.41, 5.74) is 4.27. The first-order valence-electron chi connectivity index (χ1n) is 6.03. The summed E-state index contributed by atoms with van der Waals surface area (Å²) in [5, 5.41) is 0. The molecule has 0 unspecified atom stereocenters. The Bertz CT molecular complexity index is 589. The molecule has 0 radical (unpaired) electrons. The van der Waals surface area contributed by atoms with Crippen molar-refractivity contribution >= 4 is 11.9 Å². The normalized spacial score (nSPS) is 16.5. The third-order valence-electron chi connectivity index (χ3n) is 2.82. The van der Waals surface area contributed by atoms with Crippen LogP contribution in [0.15, 0.2) is 57.8 Å². The summed E-state index contributed by atoms with van der Waals surface area (Å²) in [6.45, 7) is 4.04. The van der Waals surface area contributed by atoms with Gasteiger partial charge in [0.05, 0.1) is 11.8 Å². The lowest BCUT2D eigenvalue weighted by atomic mass is 10.0. The van der Waals surface area contributed by atoms with E-state index in [1.54, 1.807) is 0 Å². The maximum absolute atomic E-state index is 5.63. The fourth-order valence-corrected chi connectivity index (χ4v) is 2.03. The number of allylic oxidation sites excluding steroid dienone is 2. The van der Waals surface area contributed by atoms with Gasteiger partial charge in [-0.3, -0.25) is 9.98 Å². The Balaban J connectivity index is 1.83. The molecule has 0 aromatic heterocycles. The Labute approximate surface area is 106 Å². The molecule has 0 saturated heterocycles. The van der Waals surface area contributed by atoms with Crippen LogP contribution in [0.2, 0.25) is 0 Å². The van der Waals surface area contributed by atoms with Gasteiger partial charge >= 0.3 is 0 Å². The summed E-state index contributed by atoms with van der Waals surface area (Å²) in [7, 11) is 0. The molecule has 0 saturated carbocycles. The van der Waals surface area contributed by atoms with Gasteiger partial charge in [0.25, 0.3) is 0 Å². The highest BCUT2D eigenvalue weighted by molar-refractivity contribution is 6.22. The van der Waals surface area contributed by atoms with Crippen molar-refractivity contribution in [2.24, 2.45) is 9.98 Å². The Morgan fingerprint density at radius 3 is 2.56 bits per heavy atom. The van der Waals surface area contributed by atoms with E-state index in [4.69, 9.17) is 4.74 Å². The van der Waals surface area contributed by atoms with Crippen molar-refractivity contribution in [2.45, 2.75) is 20.0 Å². The average molecular weight is 238 g/mol. The second-order valence-electron chi connectivity index (χ2n) is 4.57. The van der Waals surface area contributed by atoms with Gasteiger partial charge in [0.15, 0.2) is 0 Å². The lowest BCUT2D eigenvalue weighted by Gasteiger charge is -2.10. The third kappa shape index (κ3) is 1.88. The molecule has 90 valence electrons. The highest BCUT2D eigenvalue weighted by Crippen LogP contribution is 2.26.